The maximum atomic E-state index is 13.3. The highest BCUT2D eigenvalue weighted by Gasteiger charge is 2.27. The summed E-state index contributed by atoms with van der Waals surface area (Å²) in [6.07, 6.45) is 0. The molecule has 1 amide bonds. The van der Waals surface area contributed by atoms with Gasteiger partial charge in [0.25, 0.3) is 0 Å². The second kappa shape index (κ2) is 10.8. The molecule has 0 heterocycles. The Labute approximate surface area is 206 Å². The van der Waals surface area contributed by atoms with E-state index in [1.54, 1.807) is 48.5 Å². The highest BCUT2D eigenvalue weighted by molar-refractivity contribution is 9.10. The first kappa shape index (κ1) is 24.7. The van der Waals surface area contributed by atoms with Gasteiger partial charge in [0.15, 0.2) is 0 Å². The van der Waals surface area contributed by atoms with E-state index in [4.69, 9.17) is 23.2 Å². The van der Waals surface area contributed by atoms with Gasteiger partial charge < -0.3 is 5.32 Å². The van der Waals surface area contributed by atoms with Crippen molar-refractivity contribution in [2.24, 2.45) is 0 Å². The van der Waals surface area contributed by atoms with E-state index >= 15 is 0 Å². The Kier molecular flexibility index (Phi) is 8.36. The molecular weight excluding hydrogens is 535 g/mol. The van der Waals surface area contributed by atoms with Crippen LogP contribution < -0.4 is 5.32 Å². The van der Waals surface area contributed by atoms with E-state index in [0.717, 1.165) is 14.3 Å². The maximum absolute atomic E-state index is 13.3. The van der Waals surface area contributed by atoms with Gasteiger partial charge in [-0.05, 0) is 66.6 Å². The summed E-state index contributed by atoms with van der Waals surface area (Å²) in [5, 5.41) is 4.00. The molecule has 0 aliphatic carbocycles. The van der Waals surface area contributed by atoms with E-state index < -0.39 is 15.9 Å². The van der Waals surface area contributed by atoms with E-state index in [9.17, 15) is 13.2 Å². The number of carbonyl (C=O) groups excluding carboxylic acids is 1. The van der Waals surface area contributed by atoms with Crippen LogP contribution in [0.15, 0.2) is 82.2 Å². The normalized spacial score (nSPS) is 12.5. The average molecular weight is 556 g/mol. The van der Waals surface area contributed by atoms with Crippen molar-refractivity contribution in [1.29, 1.82) is 0 Å². The van der Waals surface area contributed by atoms with Crippen molar-refractivity contribution in [1.82, 2.24) is 9.62 Å². The van der Waals surface area contributed by atoms with Crippen LogP contribution in [0, 0.1) is 0 Å². The smallest absolute Gasteiger partial charge is 0.243 e. The fourth-order valence-corrected chi connectivity index (χ4v) is 4.96. The SMILES string of the molecule is C[C@H](NC(=O)CN(Cc1ccc(Cl)cc1)S(=O)(=O)c1ccc(Br)cc1)c1ccc(Cl)cc1. The lowest BCUT2D eigenvalue weighted by Gasteiger charge is -2.23. The van der Waals surface area contributed by atoms with Crippen LogP contribution in [-0.2, 0) is 21.4 Å². The van der Waals surface area contributed by atoms with Gasteiger partial charge in [0.2, 0.25) is 15.9 Å². The molecule has 3 aromatic carbocycles. The van der Waals surface area contributed by atoms with Gasteiger partial charge in [0.05, 0.1) is 17.5 Å². The van der Waals surface area contributed by atoms with Crippen LogP contribution in [0.25, 0.3) is 0 Å². The predicted molar refractivity (Wildman–Crippen MR) is 131 cm³/mol. The molecule has 9 heteroatoms. The lowest BCUT2D eigenvalue weighted by Crippen LogP contribution is -2.41. The average Bonchev–Trinajstić information content (AvgIpc) is 2.75. The van der Waals surface area contributed by atoms with Gasteiger partial charge in [-0.2, -0.15) is 4.31 Å². The van der Waals surface area contributed by atoms with Crippen LogP contribution >= 0.6 is 39.1 Å². The van der Waals surface area contributed by atoms with Gasteiger partial charge in [-0.3, -0.25) is 4.79 Å². The molecule has 0 saturated heterocycles. The van der Waals surface area contributed by atoms with E-state index in [1.165, 1.54) is 12.1 Å². The summed E-state index contributed by atoms with van der Waals surface area (Å²) >= 11 is 15.2. The molecule has 1 N–H and O–H groups in total. The third kappa shape index (κ3) is 6.56. The highest BCUT2D eigenvalue weighted by Crippen LogP contribution is 2.22. The Morgan fingerprint density at radius 3 is 2.03 bits per heavy atom. The molecule has 5 nitrogen and oxygen atoms in total. The summed E-state index contributed by atoms with van der Waals surface area (Å²) in [5.41, 5.74) is 1.58. The van der Waals surface area contributed by atoms with E-state index in [1.807, 2.05) is 19.1 Å². The van der Waals surface area contributed by atoms with Crippen molar-refractivity contribution >= 4 is 55.1 Å². The topological polar surface area (TPSA) is 66.5 Å². The summed E-state index contributed by atoms with van der Waals surface area (Å²) in [6, 6.07) is 19.9. The zero-order valence-corrected chi connectivity index (χ0v) is 21.0. The van der Waals surface area contributed by atoms with Gasteiger partial charge in [-0.25, -0.2) is 8.42 Å². The van der Waals surface area contributed by atoms with Gasteiger partial charge in [0.1, 0.15) is 0 Å². The Morgan fingerprint density at radius 2 is 1.47 bits per heavy atom. The summed E-state index contributed by atoms with van der Waals surface area (Å²) in [6.45, 7) is 1.52. The number of sulfonamides is 1. The molecule has 0 aliphatic heterocycles. The Balaban J connectivity index is 1.82. The summed E-state index contributed by atoms with van der Waals surface area (Å²) in [4.78, 5) is 12.9. The quantitative estimate of drug-likeness (QED) is 0.380. The van der Waals surface area contributed by atoms with Crippen LogP contribution in [0.4, 0.5) is 0 Å². The van der Waals surface area contributed by atoms with E-state index in [0.29, 0.717) is 15.6 Å². The highest BCUT2D eigenvalue weighted by atomic mass is 79.9. The number of hydrogen-bond acceptors (Lipinski definition) is 3. The molecule has 0 radical (unpaired) electrons. The molecule has 168 valence electrons. The van der Waals surface area contributed by atoms with E-state index in [-0.39, 0.29) is 24.0 Å². The number of hydrogen-bond donors (Lipinski definition) is 1. The minimum absolute atomic E-state index is 0.0261. The Morgan fingerprint density at radius 1 is 0.938 bits per heavy atom. The van der Waals surface area contributed by atoms with Crippen molar-refractivity contribution in [3.8, 4) is 0 Å². The largest absolute Gasteiger partial charge is 0.348 e. The molecule has 1 atom stereocenters. The number of halogens is 3. The monoisotopic (exact) mass is 554 g/mol. The van der Waals surface area contributed by atoms with Gasteiger partial charge >= 0.3 is 0 Å². The van der Waals surface area contributed by atoms with Crippen molar-refractivity contribution in [3.05, 3.63) is 98.4 Å². The van der Waals surface area contributed by atoms with Crippen molar-refractivity contribution in [2.45, 2.75) is 24.4 Å². The molecule has 0 aliphatic rings. The zero-order valence-electron chi connectivity index (χ0n) is 17.1. The second-order valence-corrected chi connectivity index (χ2v) is 10.9. The van der Waals surface area contributed by atoms with Crippen LogP contribution in [0.2, 0.25) is 10.0 Å². The fourth-order valence-electron chi connectivity index (χ4n) is 3.06. The molecule has 3 aromatic rings. The molecule has 0 aromatic heterocycles. The predicted octanol–water partition coefficient (Wildman–Crippen LogP) is 5.82. The van der Waals surface area contributed by atoms with Gasteiger partial charge in [-0.15, -0.1) is 0 Å². The summed E-state index contributed by atoms with van der Waals surface area (Å²) < 4.78 is 28.6. The van der Waals surface area contributed by atoms with Gasteiger partial charge in [0, 0.05) is 21.1 Å². The zero-order chi connectivity index (χ0) is 23.3. The molecule has 0 spiro atoms. The number of benzene rings is 3. The number of nitrogens with one attached hydrogen (secondary N) is 1. The molecule has 0 bridgehead atoms. The second-order valence-electron chi connectivity index (χ2n) is 7.19. The summed E-state index contributed by atoms with van der Waals surface area (Å²) in [5.74, 6) is -0.415. The number of carbonyl (C=O) groups is 1. The molecule has 0 fully saturated rings. The third-order valence-electron chi connectivity index (χ3n) is 4.79. The van der Waals surface area contributed by atoms with Crippen LogP contribution in [0.1, 0.15) is 24.1 Å². The standard InChI is InChI=1S/C23H21BrCl2N2O3S/c1-16(18-4-10-21(26)11-5-18)27-23(29)15-28(14-17-2-8-20(25)9-3-17)32(30,31)22-12-6-19(24)7-13-22/h2-13,16H,14-15H2,1H3,(H,27,29)/t16-/m0/s1. The first-order valence-electron chi connectivity index (χ1n) is 9.70. The number of amides is 1. The molecule has 0 saturated carbocycles. The van der Waals surface area contributed by atoms with Crippen LogP contribution in [-0.4, -0.2) is 25.2 Å². The van der Waals surface area contributed by atoms with Crippen molar-refractivity contribution in [3.63, 3.8) is 0 Å². The minimum Gasteiger partial charge on any atom is -0.348 e. The third-order valence-corrected chi connectivity index (χ3v) is 7.63. The molecule has 32 heavy (non-hydrogen) atoms. The lowest BCUT2D eigenvalue weighted by atomic mass is 10.1. The minimum atomic E-state index is -3.93. The number of nitrogens with zero attached hydrogens (tertiary/aromatic N) is 1. The van der Waals surface area contributed by atoms with Crippen molar-refractivity contribution in [2.75, 3.05) is 6.54 Å². The first-order chi connectivity index (χ1) is 15.1. The fraction of sp³-hybridized carbons (Fsp3) is 0.174. The first-order valence-corrected chi connectivity index (χ1v) is 12.7. The summed E-state index contributed by atoms with van der Waals surface area (Å²) in [7, 11) is -3.93. The molecular formula is C23H21BrCl2N2O3S. The Hall–Kier alpha value is -1.90. The van der Waals surface area contributed by atoms with E-state index in [2.05, 4.69) is 21.2 Å². The lowest BCUT2D eigenvalue weighted by molar-refractivity contribution is -0.122. The van der Waals surface area contributed by atoms with Gasteiger partial charge in [-0.1, -0.05) is 63.4 Å². The number of rotatable bonds is 8. The molecule has 3 rings (SSSR count). The van der Waals surface area contributed by atoms with Crippen molar-refractivity contribution < 1.29 is 13.2 Å². The van der Waals surface area contributed by atoms with Crippen LogP contribution in [0.3, 0.4) is 0 Å². The van der Waals surface area contributed by atoms with Crippen LogP contribution in [0.5, 0.6) is 0 Å². The maximum Gasteiger partial charge on any atom is 0.243 e. The Bertz CT molecular complexity index is 1170. The molecule has 0 unspecified atom stereocenters.